The number of carbonyl (C=O) groups is 1. The van der Waals surface area contributed by atoms with Crippen molar-refractivity contribution in [2.75, 3.05) is 13.7 Å². The van der Waals surface area contributed by atoms with Crippen LogP contribution >= 0.6 is 11.3 Å². The van der Waals surface area contributed by atoms with Gasteiger partial charge in [0, 0.05) is 18.3 Å². The maximum Gasteiger partial charge on any atom is 0.270 e. The fourth-order valence-electron chi connectivity index (χ4n) is 3.97. The third-order valence-corrected chi connectivity index (χ3v) is 6.46. The zero-order valence-electron chi connectivity index (χ0n) is 16.1. The molecule has 0 spiro atoms. The van der Waals surface area contributed by atoms with Crippen LogP contribution in [0.15, 0.2) is 29.1 Å². The van der Waals surface area contributed by atoms with Crippen molar-refractivity contribution in [1.29, 1.82) is 5.26 Å². The zero-order chi connectivity index (χ0) is 21.9. The Labute approximate surface area is 177 Å². The summed E-state index contributed by atoms with van der Waals surface area (Å²) in [6, 6.07) is 6.64. The van der Waals surface area contributed by atoms with Gasteiger partial charge in [0.1, 0.15) is 16.6 Å². The van der Waals surface area contributed by atoms with Gasteiger partial charge in [-0.15, -0.1) is 11.3 Å². The van der Waals surface area contributed by atoms with E-state index >= 15 is 0 Å². The van der Waals surface area contributed by atoms with Crippen LogP contribution in [0.25, 0.3) is 21.0 Å². The summed E-state index contributed by atoms with van der Waals surface area (Å²) >= 11 is 1.27. The maximum atomic E-state index is 14.0. The van der Waals surface area contributed by atoms with Gasteiger partial charge in [-0.3, -0.25) is 9.59 Å². The topological polar surface area (TPSA) is 102 Å². The molecule has 7 nitrogen and oxygen atoms in total. The highest BCUT2D eigenvalue weighted by Crippen LogP contribution is 2.35. The van der Waals surface area contributed by atoms with Crippen LogP contribution in [-0.4, -0.2) is 34.4 Å². The Morgan fingerprint density at radius 2 is 1.97 bits per heavy atom. The second kappa shape index (κ2) is 7.01. The first kappa shape index (κ1) is 19.4. The molecule has 1 aliphatic heterocycles. The van der Waals surface area contributed by atoms with Crippen LogP contribution in [0.2, 0.25) is 0 Å². The lowest BCUT2D eigenvalue weighted by molar-refractivity contribution is 0.0333. The molecule has 1 amide bonds. The minimum absolute atomic E-state index is 0.00909. The average Bonchev–Trinajstić information content (AvgIpc) is 3.32. The number of aromatic nitrogens is 2. The molecule has 31 heavy (non-hydrogen) atoms. The Hall–Kier alpha value is -3.55. The molecule has 0 aliphatic carbocycles. The van der Waals surface area contributed by atoms with Gasteiger partial charge < -0.3 is 19.6 Å². The van der Waals surface area contributed by atoms with E-state index < -0.39 is 23.2 Å². The first-order chi connectivity index (χ1) is 14.9. The fourth-order valence-corrected chi connectivity index (χ4v) is 4.83. The first-order valence-corrected chi connectivity index (χ1v) is 10.1. The van der Waals surface area contributed by atoms with E-state index in [1.54, 1.807) is 19.2 Å². The van der Waals surface area contributed by atoms with Crippen LogP contribution in [0, 0.1) is 23.0 Å². The summed E-state index contributed by atoms with van der Waals surface area (Å²) in [6.07, 6.45) is 0. The number of thiophene rings is 1. The molecule has 4 aromatic rings. The van der Waals surface area contributed by atoms with Gasteiger partial charge in [0.25, 0.3) is 11.5 Å². The van der Waals surface area contributed by atoms with Crippen LogP contribution in [0.5, 0.6) is 0 Å². The number of hydrogen-bond acceptors (Lipinski definition) is 5. The van der Waals surface area contributed by atoms with Crippen LogP contribution in [0.1, 0.15) is 32.7 Å². The summed E-state index contributed by atoms with van der Waals surface area (Å²) in [7, 11) is 1.58. The largest absolute Gasteiger partial charge is 0.373 e. The Balaban J connectivity index is 1.59. The smallest absolute Gasteiger partial charge is 0.270 e. The van der Waals surface area contributed by atoms with E-state index in [2.05, 4.69) is 16.0 Å². The van der Waals surface area contributed by atoms with Crippen LogP contribution in [0.4, 0.5) is 8.78 Å². The molecule has 0 bridgehead atoms. The number of halogens is 2. The molecule has 1 aromatic carbocycles. The van der Waals surface area contributed by atoms with Gasteiger partial charge in [0.2, 0.25) is 0 Å². The molecule has 0 fully saturated rings. The predicted molar refractivity (Wildman–Crippen MR) is 110 cm³/mol. The molecule has 3 aromatic heterocycles. The van der Waals surface area contributed by atoms with Crippen molar-refractivity contribution in [1.82, 2.24) is 14.9 Å². The third kappa shape index (κ3) is 3.01. The standard InChI is InChI=1S/C21H14F2N4O3S/c1-27(21(29)15-5-18-14(25-15)2-9(6-24)31-18)17-8-30-7-16-19(17)10-3-12(22)13(23)4-11(10)20(28)26-16/h2-5,17,25H,7-8H2,1H3,(H,26,28)/t17-/m0/s1. The monoisotopic (exact) mass is 440 g/mol. The van der Waals surface area contributed by atoms with Gasteiger partial charge in [-0.05, 0) is 29.7 Å². The molecular formula is C21H14F2N4O3S. The Morgan fingerprint density at radius 1 is 1.23 bits per heavy atom. The molecule has 4 heterocycles. The fraction of sp³-hybridized carbons (Fsp3) is 0.190. The first-order valence-electron chi connectivity index (χ1n) is 9.28. The predicted octanol–water partition coefficient (Wildman–Crippen LogP) is 3.56. The molecule has 1 atom stereocenters. The Bertz CT molecular complexity index is 1450. The van der Waals surface area contributed by atoms with Crippen molar-refractivity contribution >= 4 is 38.2 Å². The van der Waals surface area contributed by atoms with Gasteiger partial charge in [-0.25, -0.2) is 8.78 Å². The number of nitrogens with zero attached hydrogens (tertiary/aromatic N) is 2. The number of benzene rings is 1. The molecule has 1 aliphatic rings. The van der Waals surface area contributed by atoms with E-state index in [4.69, 9.17) is 10.00 Å². The number of likely N-dealkylation sites (N-methyl/N-ethyl adjacent to an activating group) is 1. The Morgan fingerprint density at radius 3 is 2.68 bits per heavy atom. The number of H-pyrrole nitrogens is 2. The number of nitriles is 1. The number of carbonyl (C=O) groups excluding carboxylic acids is 1. The number of amides is 1. The van der Waals surface area contributed by atoms with Crippen molar-refractivity contribution in [3.05, 3.63) is 68.1 Å². The summed E-state index contributed by atoms with van der Waals surface area (Å²) in [5.41, 5.74) is 1.40. The van der Waals surface area contributed by atoms with E-state index in [0.717, 1.165) is 16.8 Å². The number of ether oxygens (including phenoxy) is 1. The average molecular weight is 440 g/mol. The highest BCUT2D eigenvalue weighted by Gasteiger charge is 2.32. The van der Waals surface area contributed by atoms with E-state index in [9.17, 15) is 18.4 Å². The normalized spacial score (nSPS) is 15.7. The number of fused-ring (bicyclic) bond motifs is 4. The van der Waals surface area contributed by atoms with E-state index in [1.165, 1.54) is 16.2 Å². The van der Waals surface area contributed by atoms with Gasteiger partial charge in [0.05, 0.1) is 34.9 Å². The molecule has 0 saturated carbocycles. The molecule has 156 valence electrons. The van der Waals surface area contributed by atoms with Crippen molar-refractivity contribution in [3.63, 3.8) is 0 Å². The molecule has 0 radical (unpaired) electrons. The van der Waals surface area contributed by atoms with E-state index in [-0.39, 0.29) is 29.9 Å². The summed E-state index contributed by atoms with van der Waals surface area (Å²) in [6.45, 7) is 0.218. The number of nitrogens with one attached hydrogen (secondary N) is 2. The second-order valence-corrected chi connectivity index (χ2v) is 8.37. The summed E-state index contributed by atoms with van der Waals surface area (Å²) < 4.78 is 34.1. The van der Waals surface area contributed by atoms with Gasteiger partial charge in [0.15, 0.2) is 11.6 Å². The minimum Gasteiger partial charge on any atom is -0.373 e. The number of pyridine rings is 1. The Kier molecular flexibility index (Phi) is 4.39. The van der Waals surface area contributed by atoms with Crippen molar-refractivity contribution in [2.24, 2.45) is 0 Å². The number of rotatable bonds is 2. The van der Waals surface area contributed by atoms with Crippen LogP contribution in [0.3, 0.4) is 0 Å². The molecular weight excluding hydrogens is 426 g/mol. The molecule has 5 rings (SSSR count). The highest BCUT2D eigenvalue weighted by atomic mass is 32.1. The SMILES string of the molecule is CN(C(=O)c1cc2sc(C#N)cc2[nH]1)[C@H]1COCc2[nH]c(=O)c3cc(F)c(F)cc3c21. The van der Waals surface area contributed by atoms with Gasteiger partial charge >= 0.3 is 0 Å². The molecule has 10 heteroatoms. The van der Waals surface area contributed by atoms with Crippen molar-refractivity contribution < 1.29 is 18.3 Å². The molecule has 0 unspecified atom stereocenters. The van der Waals surface area contributed by atoms with Gasteiger partial charge in [-0.1, -0.05) is 0 Å². The number of hydrogen-bond donors (Lipinski definition) is 2. The van der Waals surface area contributed by atoms with Crippen molar-refractivity contribution in [3.8, 4) is 6.07 Å². The van der Waals surface area contributed by atoms with Gasteiger partial charge in [-0.2, -0.15) is 5.26 Å². The zero-order valence-corrected chi connectivity index (χ0v) is 16.9. The van der Waals surface area contributed by atoms with E-state index in [1.807, 2.05) is 0 Å². The number of aromatic amines is 2. The van der Waals surface area contributed by atoms with Crippen molar-refractivity contribution in [2.45, 2.75) is 12.6 Å². The van der Waals surface area contributed by atoms with Crippen LogP contribution < -0.4 is 5.56 Å². The van der Waals surface area contributed by atoms with E-state index in [0.29, 0.717) is 27.3 Å². The highest BCUT2D eigenvalue weighted by molar-refractivity contribution is 7.19. The quantitative estimate of drug-likeness (QED) is 0.498. The lowest BCUT2D eigenvalue weighted by Crippen LogP contribution is -2.37. The summed E-state index contributed by atoms with van der Waals surface area (Å²) in [5.74, 6) is -2.53. The summed E-state index contributed by atoms with van der Waals surface area (Å²) in [5, 5.41) is 9.27. The lowest BCUT2D eigenvalue weighted by Gasteiger charge is -2.33. The maximum absolute atomic E-state index is 14.0. The second-order valence-electron chi connectivity index (χ2n) is 7.29. The molecule has 0 saturated heterocycles. The lowest BCUT2D eigenvalue weighted by atomic mass is 9.95. The minimum atomic E-state index is -1.12. The molecule has 2 N–H and O–H groups in total. The third-order valence-electron chi connectivity index (χ3n) is 5.47. The van der Waals surface area contributed by atoms with Crippen LogP contribution in [-0.2, 0) is 11.3 Å². The summed E-state index contributed by atoms with van der Waals surface area (Å²) in [4.78, 5) is 33.2.